The number of aliphatic hydroxyl groups is 1. The van der Waals surface area contributed by atoms with Gasteiger partial charge in [-0.25, -0.2) is 4.79 Å². The van der Waals surface area contributed by atoms with Gasteiger partial charge in [-0.1, -0.05) is 6.07 Å². The number of carboxylic acids is 1. The molecule has 3 rings (SSSR count). The Morgan fingerprint density at radius 3 is 2.42 bits per heavy atom. The Balaban J connectivity index is 2.02. The van der Waals surface area contributed by atoms with E-state index in [1.807, 2.05) is 0 Å². The number of carboxylic acid groups (broad SMARTS) is 1. The van der Waals surface area contributed by atoms with E-state index in [1.54, 1.807) is 12.1 Å². The maximum absolute atomic E-state index is 11.0. The van der Waals surface area contributed by atoms with Crippen molar-refractivity contribution in [3.63, 3.8) is 0 Å². The molecule has 31 heavy (non-hydrogen) atoms. The predicted molar refractivity (Wildman–Crippen MR) is 108 cm³/mol. The van der Waals surface area contributed by atoms with Gasteiger partial charge in [-0.3, -0.25) is 4.55 Å². The van der Waals surface area contributed by atoms with Gasteiger partial charge in [-0.15, -0.1) is 0 Å². The van der Waals surface area contributed by atoms with Crippen LogP contribution in [-0.2, 0) is 15.2 Å². The highest BCUT2D eigenvalue weighted by Gasteiger charge is 2.38. The second kappa shape index (κ2) is 8.84. The zero-order chi connectivity index (χ0) is 22.8. The van der Waals surface area contributed by atoms with Crippen molar-refractivity contribution in [2.75, 3.05) is 20.8 Å². The fourth-order valence-corrected chi connectivity index (χ4v) is 3.74. The van der Waals surface area contributed by atoms with E-state index in [2.05, 4.69) is 4.18 Å². The van der Waals surface area contributed by atoms with Gasteiger partial charge >= 0.3 is 16.4 Å². The molecule has 1 aliphatic heterocycles. The fourth-order valence-electron chi connectivity index (χ4n) is 3.37. The average Bonchev–Trinajstić information content (AvgIpc) is 3.09. The van der Waals surface area contributed by atoms with Crippen LogP contribution in [0.2, 0.25) is 0 Å². The van der Waals surface area contributed by atoms with Crippen molar-refractivity contribution in [1.82, 2.24) is 0 Å². The average molecular weight is 452 g/mol. The predicted octanol–water partition coefficient (Wildman–Crippen LogP) is 2.19. The van der Waals surface area contributed by atoms with Crippen LogP contribution in [0.25, 0.3) is 6.08 Å². The molecule has 2 aromatic carbocycles. The number of aliphatic carboxylic acids is 1. The third-order valence-electron chi connectivity index (χ3n) is 4.66. The SMILES string of the molecule is COc1cc(C2Oc3c(OC)cc(/C=C/C(=O)O)cc3C2CO)ccc1OS(=O)(=O)O. The number of ether oxygens (including phenoxy) is 3. The molecule has 0 spiro atoms. The standard InChI is InChI=1S/C20H20O10S/c1-27-16-9-12(4-5-15(16)30-31(24,25)26)19-14(10-21)13-7-11(3-6-18(22)23)8-17(28-2)20(13)29-19/h3-9,14,19,21H,10H2,1-2H3,(H,22,23)(H,24,25,26)/b6-3+. The molecule has 0 aromatic heterocycles. The van der Waals surface area contributed by atoms with E-state index in [1.165, 1.54) is 38.5 Å². The lowest BCUT2D eigenvalue weighted by Gasteiger charge is -2.19. The van der Waals surface area contributed by atoms with Crippen molar-refractivity contribution in [2.45, 2.75) is 12.0 Å². The van der Waals surface area contributed by atoms with Crippen LogP contribution in [-0.4, -0.2) is 50.0 Å². The lowest BCUT2D eigenvalue weighted by molar-refractivity contribution is -0.131. The number of carbonyl (C=O) groups is 1. The van der Waals surface area contributed by atoms with Gasteiger partial charge in [0.15, 0.2) is 23.0 Å². The third kappa shape index (κ3) is 4.90. The van der Waals surface area contributed by atoms with Crippen molar-refractivity contribution in [3.8, 4) is 23.0 Å². The van der Waals surface area contributed by atoms with E-state index < -0.39 is 28.4 Å². The number of methoxy groups -OCH3 is 2. The normalized spacial score (nSPS) is 17.8. The Morgan fingerprint density at radius 2 is 1.84 bits per heavy atom. The van der Waals surface area contributed by atoms with E-state index in [9.17, 15) is 18.3 Å². The quantitative estimate of drug-likeness (QED) is 0.402. The first kappa shape index (κ1) is 22.4. The van der Waals surface area contributed by atoms with Gasteiger partial charge in [-0.2, -0.15) is 8.42 Å². The molecule has 10 nitrogen and oxygen atoms in total. The summed E-state index contributed by atoms with van der Waals surface area (Å²) in [6, 6.07) is 7.59. The van der Waals surface area contributed by atoms with Crippen molar-refractivity contribution < 1.29 is 46.4 Å². The molecule has 3 N–H and O–H groups in total. The van der Waals surface area contributed by atoms with E-state index in [0.29, 0.717) is 28.2 Å². The highest BCUT2D eigenvalue weighted by atomic mass is 32.3. The number of rotatable bonds is 8. The monoisotopic (exact) mass is 452 g/mol. The molecule has 1 heterocycles. The minimum absolute atomic E-state index is 0.0309. The summed E-state index contributed by atoms with van der Waals surface area (Å²) in [5, 5.41) is 18.9. The summed E-state index contributed by atoms with van der Waals surface area (Å²) in [6.45, 7) is -0.293. The number of fused-ring (bicyclic) bond motifs is 1. The molecule has 11 heteroatoms. The summed E-state index contributed by atoms with van der Waals surface area (Å²) < 4.78 is 52.0. The smallest absolute Gasteiger partial charge is 0.446 e. The molecule has 0 bridgehead atoms. The molecular formula is C20H20O10S. The molecule has 0 saturated carbocycles. The van der Waals surface area contributed by atoms with Gasteiger partial charge in [0.1, 0.15) is 6.10 Å². The minimum atomic E-state index is -4.74. The van der Waals surface area contributed by atoms with Crippen LogP contribution in [0.1, 0.15) is 28.7 Å². The molecule has 0 aliphatic carbocycles. The van der Waals surface area contributed by atoms with Gasteiger partial charge < -0.3 is 28.6 Å². The first-order valence-corrected chi connectivity index (χ1v) is 10.3. The van der Waals surface area contributed by atoms with Crippen LogP contribution in [0.15, 0.2) is 36.4 Å². The highest BCUT2D eigenvalue weighted by molar-refractivity contribution is 7.81. The Hall–Kier alpha value is -3.28. The molecule has 0 fully saturated rings. The molecule has 2 unspecified atom stereocenters. The van der Waals surface area contributed by atoms with Crippen LogP contribution >= 0.6 is 0 Å². The van der Waals surface area contributed by atoms with Crippen LogP contribution in [0, 0.1) is 0 Å². The van der Waals surface area contributed by atoms with E-state index in [4.69, 9.17) is 23.9 Å². The largest absolute Gasteiger partial charge is 0.493 e. The Bertz CT molecular complexity index is 1120. The topological polar surface area (TPSA) is 149 Å². The van der Waals surface area contributed by atoms with Crippen LogP contribution in [0.5, 0.6) is 23.0 Å². The fraction of sp³-hybridized carbons (Fsp3) is 0.250. The van der Waals surface area contributed by atoms with E-state index in [0.717, 1.165) is 6.08 Å². The zero-order valence-corrected chi connectivity index (χ0v) is 17.3. The molecule has 2 atom stereocenters. The molecular weight excluding hydrogens is 432 g/mol. The number of hydrogen-bond donors (Lipinski definition) is 3. The van der Waals surface area contributed by atoms with Crippen molar-refractivity contribution in [3.05, 3.63) is 53.1 Å². The van der Waals surface area contributed by atoms with Crippen LogP contribution < -0.4 is 18.4 Å². The van der Waals surface area contributed by atoms with Gasteiger partial charge in [0.05, 0.1) is 26.7 Å². The maximum Gasteiger partial charge on any atom is 0.446 e. The molecule has 166 valence electrons. The van der Waals surface area contributed by atoms with Gasteiger partial charge in [-0.05, 0) is 41.5 Å². The number of benzene rings is 2. The lowest BCUT2D eigenvalue weighted by Crippen LogP contribution is -2.14. The molecule has 1 aliphatic rings. The Morgan fingerprint density at radius 1 is 1.13 bits per heavy atom. The number of aliphatic hydroxyl groups excluding tert-OH is 1. The van der Waals surface area contributed by atoms with Gasteiger partial charge in [0, 0.05) is 11.6 Å². The van der Waals surface area contributed by atoms with Crippen LogP contribution in [0.4, 0.5) is 0 Å². The molecule has 0 amide bonds. The Kier molecular flexibility index (Phi) is 6.39. The highest BCUT2D eigenvalue weighted by Crippen LogP contribution is 2.51. The lowest BCUT2D eigenvalue weighted by atomic mass is 9.90. The number of hydrogen-bond acceptors (Lipinski definition) is 8. The first-order chi connectivity index (χ1) is 14.7. The van der Waals surface area contributed by atoms with Crippen molar-refractivity contribution >= 4 is 22.4 Å². The van der Waals surface area contributed by atoms with E-state index >= 15 is 0 Å². The summed E-state index contributed by atoms with van der Waals surface area (Å²) in [5.74, 6) is -1.06. The molecule has 2 aromatic rings. The summed E-state index contributed by atoms with van der Waals surface area (Å²) in [7, 11) is -2.00. The zero-order valence-electron chi connectivity index (χ0n) is 16.5. The van der Waals surface area contributed by atoms with Crippen LogP contribution in [0.3, 0.4) is 0 Å². The van der Waals surface area contributed by atoms with Crippen molar-refractivity contribution in [2.24, 2.45) is 0 Å². The second-order valence-corrected chi connectivity index (χ2v) is 7.58. The Labute approximate surface area is 178 Å². The maximum atomic E-state index is 11.0. The summed E-state index contributed by atoms with van der Waals surface area (Å²) in [6.07, 6.45) is 1.71. The third-order valence-corrected chi connectivity index (χ3v) is 5.05. The van der Waals surface area contributed by atoms with E-state index in [-0.39, 0.29) is 18.1 Å². The summed E-state index contributed by atoms with van der Waals surface area (Å²) in [5.41, 5.74) is 1.71. The molecule has 0 radical (unpaired) electrons. The molecule has 0 saturated heterocycles. The summed E-state index contributed by atoms with van der Waals surface area (Å²) >= 11 is 0. The minimum Gasteiger partial charge on any atom is -0.493 e. The second-order valence-electron chi connectivity index (χ2n) is 6.56. The van der Waals surface area contributed by atoms with Gasteiger partial charge in [0.25, 0.3) is 0 Å². The van der Waals surface area contributed by atoms with Crippen molar-refractivity contribution in [1.29, 1.82) is 0 Å². The summed E-state index contributed by atoms with van der Waals surface area (Å²) in [4.78, 5) is 10.8. The van der Waals surface area contributed by atoms with Gasteiger partial charge in [0.2, 0.25) is 0 Å². The first-order valence-electron chi connectivity index (χ1n) is 8.92.